The van der Waals surface area contributed by atoms with E-state index in [1.807, 2.05) is 13.0 Å². The van der Waals surface area contributed by atoms with E-state index in [4.69, 9.17) is 0 Å². The van der Waals surface area contributed by atoms with Crippen LogP contribution >= 0.6 is 0 Å². The van der Waals surface area contributed by atoms with Crippen molar-refractivity contribution in [2.75, 3.05) is 11.9 Å². The Morgan fingerprint density at radius 3 is 2.70 bits per heavy atom. The zero-order valence-electron chi connectivity index (χ0n) is 11.2. The van der Waals surface area contributed by atoms with Gasteiger partial charge >= 0.3 is 6.03 Å². The number of amides is 2. The van der Waals surface area contributed by atoms with E-state index in [1.165, 1.54) is 12.1 Å². The molecule has 0 atom stereocenters. The van der Waals surface area contributed by atoms with Gasteiger partial charge < -0.3 is 5.32 Å². The lowest BCUT2D eigenvalue weighted by atomic mass is 10.1. The van der Waals surface area contributed by atoms with E-state index in [9.17, 15) is 9.18 Å². The largest absolute Gasteiger partial charge is 0.337 e. The number of rotatable bonds is 4. The summed E-state index contributed by atoms with van der Waals surface area (Å²) in [5.74, 6) is 0.259. The molecule has 0 aliphatic rings. The smallest absolute Gasteiger partial charge is 0.320 e. The Bertz CT molecular complexity index is 584. The average Bonchev–Trinajstić information content (AvgIpc) is 2.41. The molecular weight excluding hydrogens is 257 g/mol. The van der Waals surface area contributed by atoms with Crippen LogP contribution in [0.25, 0.3) is 0 Å². The molecule has 2 amide bonds. The second-order valence-corrected chi connectivity index (χ2v) is 4.48. The van der Waals surface area contributed by atoms with Crippen molar-refractivity contribution >= 4 is 11.8 Å². The summed E-state index contributed by atoms with van der Waals surface area (Å²) >= 11 is 0. The highest BCUT2D eigenvalue weighted by Gasteiger charge is 2.02. The van der Waals surface area contributed by atoms with Crippen molar-refractivity contribution in [2.45, 2.75) is 13.3 Å². The lowest BCUT2D eigenvalue weighted by molar-refractivity contribution is 0.252. The molecule has 0 bridgehead atoms. The average molecular weight is 273 g/mol. The molecule has 0 unspecified atom stereocenters. The lowest BCUT2D eigenvalue weighted by Gasteiger charge is -2.07. The summed E-state index contributed by atoms with van der Waals surface area (Å²) in [6, 6.07) is 9.58. The van der Waals surface area contributed by atoms with Crippen LogP contribution in [0.15, 0.2) is 42.6 Å². The van der Waals surface area contributed by atoms with Crippen molar-refractivity contribution in [3.63, 3.8) is 0 Å². The highest BCUT2D eigenvalue weighted by molar-refractivity contribution is 5.88. The van der Waals surface area contributed by atoms with Crippen molar-refractivity contribution < 1.29 is 9.18 Å². The molecular formula is C15H16FN3O. The molecule has 0 aliphatic carbocycles. The third kappa shape index (κ3) is 4.35. The third-order valence-corrected chi connectivity index (χ3v) is 2.77. The summed E-state index contributed by atoms with van der Waals surface area (Å²) in [6.45, 7) is 2.41. The van der Waals surface area contributed by atoms with Crippen LogP contribution in [0.3, 0.4) is 0 Å². The van der Waals surface area contributed by atoms with Crippen molar-refractivity contribution in [1.82, 2.24) is 10.3 Å². The number of pyridine rings is 1. The maximum Gasteiger partial charge on any atom is 0.320 e. The minimum absolute atomic E-state index is 0.259. The third-order valence-electron chi connectivity index (χ3n) is 2.77. The fraction of sp³-hybridized carbons (Fsp3) is 0.200. The summed E-state index contributed by atoms with van der Waals surface area (Å²) in [5.41, 5.74) is 2.00. The first kappa shape index (κ1) is 14.0. The number of halogens is 1. The normalized spacial score (nSPS) is 10.1. The number of anilines is 1. The fourth-order valence-corrected chi connectivity index (χ4v) is 1.74. The Kier molecular flexibility index (Phi) is 4.65. The maximum absolute atomic E-state index is 12.7. The first-order chi connectivity index (χ1) is 9.63. The number of hydrogen-bond donors (Lipinski definition) is 2. The van der Waals surface area contributed by atoms with Crippen LogP contribution in [0.2, 0.25) is 0 Å². The first-order valence-corrected chi connectivity index (χ1v) is 6.35. The van der Waals surface area contributed by atoms with Crippen LogP contribution in [-0.2, 0) is 6.42 Å². The molecule has 2 rings (SSSR count). The number of hydrogen-bond acceptors (Lipinski definition) is 2. The van der Waals surface area contributed by atoms with Gasteiger partial charge in [0.1, 0.15) is 11.6 Å². The molecule has 20 heavy (non-hydrogen) atoms. The molecule has 2 aromatic rings. The van der Waals surface area contributed by atoms with Gasteiger partial charge in [-0.1, -0.05) is 12.1 Å². The SMILES string of the molecule is Cc1ccnc(NC(=O)NCCc2ccc(F)cc2)c1. The van der Waals surface area contributed by atoms with Crippen LogP contribution < -0.4 is 10.6 Å². The fourth-order valence-electron chi connectivity index (χ4n) is 1.74. The number of nitrogens with zero attached hydrogens (tertiary/aromatic N) is 1. The molecule has 1 aromatic carbocycles. The number of aromatic nitrogens is 1. The minimum atomic E-state index is -0.301. The van der Waals surface area contributed by atoms with E-state index >= 15 is 0 Å². The Morgan fingerprint density at radius 2 is 2.00 bits per heavy atom. The Balaban J connectivity index is 1.76. The molecule has 0 saturated heterocycles. The van der Waals surface area contributed by atoms with Gasteiger partial charge in [-0.25, -0.2) is 14.2 Å². The van der Waals surface area contributed by atoms with Crippen LogP contribution in [0.1, 0.15) is 11.1 Å². The Hall–Kier alpha value is -2.43. The van der Waals surface area contributed by atoms with Crippen molar-refractivity contribution in [2.24, 2.45) is 0 Å². The number of nitrogens with one attached hydrogen (secondary N) is 2. The Morgan fingerprint density at radius 1 is 1.25 bits per heavy atom. The zero-order chi connectivity index (χ0) is 14.4. The monoisotopic (exact) mass is 273 g/mol. The van der Waals surface area contributed by atoms with Gasteiger partial charge in [0.2, 0.25) is 0 Å². The van der Waals surface area contributed by atoms with Crippen molar-refractivity contribution in [1.29, 1.82) is 0 Å². The van der Waals surface area contributed by atoms with Gasteiger partial charge in [0, 0.05) is 12.7 Å². The van der Waals surface area contributed by atoms with Gasteiger partial charge in [-0.05, 0) is 48.7 Å². The Labute approximate surface area is 117 Å². The molecule has 0 saturated carbocycles. The van der Waals surface area contributed by atoms with Gasteiger partial charge in [-0.2, -0.15) is 0 Å². The van der Waals surface area contributed by atoms with E-state index in [0.29, 0.717) is 18.8 Å². The summed E-state index contributed by atoms with van der Waals surface area (Å²) in [6.07, 6.45) is 2.29. The van der Waals surface area contributed by atoms with Gasteiger partial charge in [0.05, 0.1) is 0 Å². The molecule has 4 nitrogen and oxygen atoms in total. The van der Waals surface area contributed by atoms with E-state index < -0.39 is 0 Å². The van der Waals surface area contributed by atoms with Gasteiger partial charge in [0.25, 0.3) is 0 Å². The highest BCUT2D eigenvalue weighted by Crippen LogP contribution is 2.05. The second-order valence-electron chi connectivity index (χ2n) is 4.48. The summed E-state index contributed by atoms with van der Waals surface area (Å²) in [5, 5.41) is 5.39. The molecule has 1 heterocycles. The predicted octanol–water partition coefficient (Wildman–Crippen LogP) is 2.89. The van der Waals surface area contributed by atoms with Crippen LogP contribution in [-0.4, -0.2) is 17.6 Å². The van der Waals surface area contributed by atoms with E-state index in [2.05, 4.69) is 15.6 Å². The summed E-state index contributed by atoms with van der Waals surface area (Å²) < 4.78 is 12.7. The molecule has 5 heteroatoms. The van der Waals surface area contributed by atoms with E-state index in [-0.39, 0.29) is 11.8 Å². The zero-order valence-corrected chi connectivity index (χ0v) is 11.2. The molecule has 0 fully saturated rings. The maximum atomic E-state index is 12.7. The first-order valence-electron chi connectivity index (χ1n) is 6.35. The number of carbonyl (C=O) groups excluding carboxylic acids is 1. The minimum Gasteiger partial charge on any atom is -0.337 e. The molecule has 0 spiro atoms. The molecule has 1 aromatic heterocycles. The lowest BCUT2D eigenvalue weighted by Crippen LogP contribution is -2.30. The van der Waals surface area contributed by atoms with Crippen LogP contribution in [0, 0.1) is 12.7 Å². The number of benzene rings is 1. The number of aryl methyl sites for hydroxylation is 1. The van der Waals surface area contributed by atoms with Crippen molar-refractivity contribution in [3.05, 3.63) is 59.5 Å². The number of carbonyl (C=O) groups is 1. The summed E-state index contributed by atoms with van der Waals surface area (Å²) in [7, 11) is 0. The molecule has 0 aliphatic heterocycles. The second kappa shape index (κ2) is 6.65. The molecule has 104 valence electrons. The molecule has 0 radical (unpaired) electrons. The van der Waals surface area contributed by atoms with Gasteiger partial charge in [-0.15, -0.1) is 0 Å². The number of urea groups is 1. The quantitative estimate of drug-likeness (QED) is 0.900. The van der Waals surface area contributed by atoms with E-state index in [1.54, 1.807) is 24.4 Å². The van der Waals surface area contributed by atoms with Crippen molar-refractivity contribution in [3.8, 4) is 0 Å². The standard InChI is InChI=1S/C15H16FN3O/c1-11-6-8-17-14(10-11)19-15(20)18-9-7-12-2-4-13(16)5-3-12/h2-6,8,10H,7,9H2,1H3,(H2,17,18,19,20). The van der Waals surface area contributed by atoms with Crippen LogP contribution in [0.4, 0.5) is 15.0 Å². The van der Waals surface area contributed by atoms with Gasteiger partial charge in [-0.3, -0.25) is 5.32 Å². The molecule has 2 N–H and O–H groups in total. The predicted molar refractivity (Wildman–Crippen MR) is 76.1 cm³/mol. The van der Waals surface area contributed by atoms with E-state index in [0.717, 1.165) is 11.1 Å². The highest BCUT2D eigenvalue weighted by atomic mass is 19.1. The topological polar surface area (TPSA) is 54.0 Å². The summed E-state index contributed by atoms with van der Waals surface area (Å²) in [4.78, 5) is 15.7. The van der Waals surface area contributed by atoms with Crippen LogP contribution in [0.5, 0.6) is 0 Å². The van der Waals surface area contributed by atoms with Gasteiger partial charge in [0.15, 0.2) is 0 Å².